The molecule has 0 aliphatic rings. The Morgan fingerprint density at radius 2 is 2.10 bits per heavy atom. The molecule has 5 nitrogen and oxygen atoms in total. The lowest BCUT2D eigenvalue weighted by Gasteiger charge is -2.25. The van der Waals surface area contributed by atoms with Gasteiger partial charge in [-0.1, -0.05) is 13.3 Å². The molecule has 0 saturated heterocycles. The molecule has 0 aliphatic carbocycles. The van der Waals surface area contributed by atoms with Crippen molar-refractivity contribution in [2.45, 2.75) is 25.9 Å². The number of halogens is 3. The molecule has 20 heavy (non-hydrogen) atoms. The average molecular weight is 290 g/mol. The third kappa shape index (κ3) is 4.29. The normalized spacial score (nSPS) is 11.4. The summed E-state index contributed by atoms with van der Waals surface area (Å²) in [5, 5.41) is 0. The largest absolute Gasteiger partial charge is 0.433 e. The number of hydrogen-bond acceptors (Lipinski definition) is 4. The van der Waals surface area contributed by atoms with Crippen LogP contribution in [0.25, 0.3) is 0 Å². The van der Waals surface area contributed by atoms with E-state index in [9.17, 15) is 18.0 Å². The highest BCUT2D eigenvalue weighted by atomic mass is 19.4. The van der Waals surface area contributed by atoms with Gasteiger partial charge < -0.3 is 16.4 Å². The van der Waals surface area contributed by atoms with Crippen molar-refractivity contribution in [3.63, 3.8) is 0 Å². The number of nitrogens with two attached hydrogens (primary N) is 2. The molecular weight excluding hydrogens is 273 g/mol. The minimum absolute atomic E-state index is 0.0790. The first-order chi connectivity index (χ1) is 9.25. The Bertz CT molecular complexity index is 476. The summed E-state index contributed by atoms with van der Waals surface area (Å²) in [6, 6.07) is 0.841. The van der Waals surface area contributed by atoms with Gasteiger partial charge in [0.25, 0.3) is 0 Å². The van der Waals surface area contributed by atoms with E-state index in [2.05, 4.69) is 4.98 Å². The van der Waals surface area contributed by atoms with Gasteiger partial charge in [-0.25, -0.2) is 4.98 Å². The summed E-state index contributed by atoms with van der Waals surface area (Å²) in [6.45, 7) is 2.13. The summed E-state index contributed by atoms with van der Waals surface area (Å²) in [6.07, 6.45) is -2.09. The van der Waals surface area contributed by atoms with Crippen molar-refractivity contribution in [2.75, 3.05) is 23.7 Å². The van der Waals surface area contributed by atoms with Crippen LogP contribution < -0.4 is 16.4 Å². The van der Waals surface area contributed by atoms with Crippen LogP contribution in [0.1, 0.15) is 25.5 Å². The van der Waals surface area contributed by atoms with Crippen molar-refractivity contribution in [1.29, 1.82) is 0 Å². The van der Waals surface area contributed by atoms with Gasteiger partial charge in [-0.2, -0.15) is 13.2 Å². The van der Waals surface area contributed by atoms with E-state index in [1.165, 1.54) is 4.90 Å². The van der Waals surface area contributed by atoms with Crippen molar-refractivity contribution in [3.05, 3.63) is 18.0 Å². The number of nitrogen functional groups attached to an aromatic ring is 1. The number of carbonyl (C=O) groups is 1. The molecule has 0 aliphatic heterocycles. The molecule has 0 aromatic carbocycles. The first-order valence-electron chi connectivity index (χ1n) is 6.11. The molecule has 0 bridgehead atoms. The van der Waals surface area contributed by atoms with Gasteiger partial charge in [0, 0.05) is 6.54 Å². The summed E-state index contributed by atoms with van der Waals surface area (Å²) in [5.41, 5.74) is 9.93. The molecule has 112 valence electrons. The van der Waals surface area contributed by atoms with E-state index in [0.29, 0.717) is 13.0 Å². The van der Waals surface area contributed by atoms with E-state index in [-0.39, 0.29) is 17.9 Å². The molecule has 4 N–H and O–H groups in total. The molecule has 1 amide bonds. The van der Waals surface area contributed by atoms with Crippen LogP contribution in [0.15, 0.2) is 12.3 Å². The van der Waals surface area contributed by atoms with Gasteiger partial charge in [0.15, 0.2) is 0 Å². The van der Waals surface area contributed by atoms with Crippen molar-refractivity contribution >= 4 is 17.3 Å². The number of nitrogens with zero attached hydrogens (tertiary/aromatic N) is 2. The van der Waals surface area contributed by atoms with E-state index < -0.39 is 17.8 Å². The maximum atomic E-state index is 12.7. The Morgan fingerprint density at radius 1 is 1.45 bits per heavy atom. The number of primary amides is 1. The lowest BCUT2D eigenvalue weighted by molar-refractivity contribution is -0.141. The maximum absolute atomic E-state index is 12.7. The van der Waals surface area contributed by atoms with Gasteiger partial charge in [-0.05, 0) is 12.5 Å². The van der Waals surface area contributed by atoms with Crippen molar-refractivity contribution in [1.82, 2.24) is 4.98 Å². The number of rotatable bonds is 6. The van der Waals surface area contributed by atoms with Crippen LogP contribution in [0.3, 0.4) is 0 Å². The van der Waals surface area contributed by atoms with Gasteiger partial charge in [-0.15, -0.1) is 0 Å². The fraction of sp³-hybridized carbons (Fsp3) is 0.500. The van der Waals surface area contributed by atoms with Crippen LogP contribution in [0, 0.1) is 0 Å². The lowest BCUT2D eigenvalue weighted by Crippen LogP contribution is -2.35. The molecule has 0 atom stereocenters. The van der Waals surface area contributed by atoms with E-state index >= 15 is 0 Å². The van der Waals surface area contributed by atoms with Crippen molar-refractivity contribution in [3.8, 4) is 0 Å². The third-order valence-electron chi connectivity index (χ3n) is 2.67. The zero-order valence-electron chi connectivity index (χ0n) is 11.1. The number of anilines is 2. The first kappa shape index (κ1) is 16.1. The molecule has 0 saturated carbocycles. The second kappa shape index (κ2) is 6.44. The number of carbonyl (C=O) groups excluding carboxylic acids is 1. The molecule has 1 aromatic rings. The van der Waals surface area contributed by atoms with Gasteiger partial charge in [0.1, 0.15) is 5.69 Å². The molecule has 0 radical (unpaired) electrons. The topological polar surface area (TPSA) is 85.2 Å². The van der Waals surface area contributed by atoms with Crippen molar-refractivity contribution in [2.24, 2.45) is 5.73 Å². The first-order valence-corrected chi connectivity index (χ1v) is 6.11. The van der Waals surface area contributed by atoms with Crippen LogP contribution in [0.5, 0.6) is 0 Å². The van der Waals surface area contributed by atoms with Crippen molar-refractivity contribution < 1.29 is 18.0 Å². The SMILES string of the molecule is CCCCN(CC(N)=O)c1cc(C(F)(F)F)ncc1N. The second-order valence-corrected chi connectivity index (χ2v) is 4.37. The highest BCUT2D eigenvalue weighted by Crippen LogP contribution is 2.32. The molecule has 0 spiro atoms. The van der Waals surface area contributed by atoms with Crippen LogP contribution in [-0.4, -0.2) is 24.0 Å². The van der Waals surface area contributed by atoms with Crippen LogP contribution >= 0.6 is 0 Å². The predicted octanol–water partition coefficient (Wildman–Crippen LogP) is 1.77. The summed E-state index contributed by atoms with van der Waals surface area (Å²) in [5.74, 6) is -0.633. The van der Waals surface area contributed by atoms with Crippen LogP contribution in [-0.2, 0) is 11.0 Å². The quantitative estimate of drug-likeness (QED) is 0.836. The van der Waals surface area contributed by atoms with E-state index in [0.717, 1.165) is 18.7 Å². The van der Waals surface area contributed by atoms with Gasteiger partial charge >= 0.3 is 6.18 Å². The number of pyridine rings is 1. The molecule has 8 heteroatoms. The van der Waals surface area contributed by atoms with Gasteiger partial charge in [0.2, 0.25) is 5.91 Å². The molecule has 0 unspecified atom stereocenters. The van der Waals surface area contributed by atoms with E-state index in [1.54, 1.807) is 0 Å². The smallest absolute Gasteiger partial charge is 0.396 e. The summed E-state index contributed by atoms with van der Waals surface area (Å²) >= 11 is 0. The lowest BCUT2D eigenvalue weighted by atomic mass is 10.2. The number of unbranched alkanes of at least 4 members (excludes halogenated alkanes) is 1. The summed E-state index contributed by atoms with van der Waals surface area (Å²) < 4.78 is 38.0. The standard InChI is InChI=1S/C12H17F3N4O/c1-2-3-4-19(7-11(17)20)9-5-10(12(13,14)15)18-6-8(9)16/h5-6H,2-4,7,16H2,1H3,(H2,17,20). The highest BCUT2D eigenvalue weighted by Gasteiger charge is 2.33. The monoisotopic (exact) mass is 290 g/mol. The third-order valence-corrected chi connectivity index (χ3v) is 2.67. The molecule has 0 fully saturated rings. The Morgan fingerprint density at radius 3 is 2.60 bits per heavy atom. The second-order valence-electron chi connectivity index (χ2n) is 4.37. The molecule has 1 heterocycles. The Kier molecular flexibility index (Phi) is 5.18. The Hall–Kier alpha value is -1.99. The molecular formula is C12H17F3N4O. The Balaban J connectivity index is 3.13. The number of aromatic nitrogens is 1. The summed E-state index contributed by atoms with van der Waals surface area (Å²) in [7, 11) is 0. The molecule has 1 rings (SSSR count). The minimum Gasteiger partial charge on any atom is -0.396 e. The van der Waals surface area contributed by atoms with E-state index in [4.69, 9.17) is 11.5 Å². The van der Waals surface area contributed by atoms with Crippen LogP contribution in [0.4, 0.5) is 24.5 Å². The maximum Gasteiger partial charge on any atom is 0.433 e. The van der Waals surface area contributed by atoms with E-state index in [1.807, 2.05) is 6.92 Å². The summed E-state index contributed by atoms with van der Waals surface area (Å²) in [4.78, 5) is 15.7. The number of alkyl halides is 3. The zero-order valence-corrected chi connectivity index (χ0v) is 11.1. The fourth-order valence-electron chi connectivity index (χ4n) is 1.71. The molecule has 1 aromatic heterocycles. The number of amides is 1. The number of hydrogen-bond donors (Lipinski definition) is 2. The Labute approximate surface area is 114 Å². The zero-order chi connectivity index (χ0) is 15.3. The highest BCUT2D eigenvalue weighted by molar-refractivity contribution is 5.81. The van der Waals surface area contributed by atoms with Gasteiger partial charge in [-0.3, -0.25) is 4.79 Å². The van der Waals surface area contributed by atoms with Gasteiger partial charge in [0.05, 0.1) is 24.1 Å². The van der Waals surface area contributed by atoms with Crippen LogP contribution in [0.2, 0.25) is 0 Å². The minimum atomic E-state index is -4.56. The fourth-order valence-corrected chi connectivity index (χ4v) is 1.71. The predicted molar refractivity (Wildman–Crippen MR) is 70.0 cm³/mol. The average Bonchev–Trinajstić information content (AvgIpc) is 2.33.